The monoisotopic (exact) mass is 403 g/mol. The molecule has 29 heavy (non-hydrogen) atoms. The SMILES string of the molecule is COc1ccc(-c2csc3nc(-c4ccc(N5CCCC5)cc4)[nH]c(=O)c23)cc1. The van der Waals surface area contributed by atoms with Crippen LogP contribution in [0.1, 0.15) is 12.8 Å². The zero-order chi connectivity index (χ0) is 19.8. The average molecular weight is 404 g/mol. The van der Waals surface area contributed by atoms with Crippen LogP contribution in [0.5, 0.6) is 5.75 Å². The van der Waals surface area contributed by atoms with Crippen molar-refractivity contribution in [1.82, 2.24) is 9.97 Å². The van der Waals surface area contributed by atoms with Gasteiger partial charge in [0.2, 0.25) is 0 Å². The molecule has 5 nitrogen and oxygen atoms in total. The van der Waals surface area contributed by atoms with Crippen molar-refractivity contribution in [3.8, 4) is 28.3 Å². The van der Waals surface area contributed by atoms with E-state index < -0.39 is 0 Å². The summed E-state index contributed by atoms with van der Waals surface area (Å²) < 4.78 is 5.22. The van der Waals surface area contributed by atoms with Gasteiger partial charge in [-0.2, -0.15) is 0 Å². The zero-order valence-corrected chi connectivity index (χ0v) is 17.0. The van der Waals surface area contributed by atoms with Crippen molar-refractivity contribution in [2.75, 3.05) is 25.1 Å². The number of fused-ring (bicyclic) bond motifs is 1. The van der Waals surface area contributed by atoms with Crippen LogP contribution in [0.15, 0.2) is 58.7 Å². The summed E-state index contributed by atoms with van der Waals surface area (Å²) in [4.78, 5) is 23.8. The molecule has 0 spiro atoms. The summed E-state index contributed by atoms with van der Waals surface area (Å²) in [5, 5.41) is 2.63. The van der Waals surface area contributed by atoms with Crippen molar-refractivity contribution in [2.24, 2.45) is 0 Å². The fourth-order valence-corrected chi connectivity index (χ4v) is 4.82. The first kappa shape index (κ1) is 17.9. The normalized spacial score (nSPS) is 13.9. The molecule has 1 N–H and O–H groups in total. The maximum atomic E-state index is 12.9. The minimum atomic E-state index is -0.110. The lowest BCUT2D eigenvalue weighted by Crippen LogP contribution is -2.17. The minimum Gasteiger partial charge on any atom is -0.497 e. The lowest BCUT2D eigenvalue weighted by molar-refractivity contribution is 0.415. The molecular weight excluding hydrogens is 382 g/mol. The molecule has 1 fully saturated rings. The number of H-pyrrole nitrogens is 1. The second kappa shape index (κ2) is 7.37. The van der Waals surface area contributed by atoms with E-state index in [-0.39, 0.29) is 5.56 Å². The number of thiophene rings is 1. The standard InChI is InChI=1S/C23H21N3O2S/c1-28-18-10-6-15(7-11-18)19-14-29-23-20(19)22(27)24-21(25-23)16-4-8-17(9-5-16)26-12-2-3-13-26/h4-11,14H,2-3,12-13H2,1H3,(H,24,25,27). The Balaban J connectivity index is 1.51. The van der Waals surface area contributed by atoms with Crippen molar-refractivity contribution in [2.45, 2.75) is 12.8 Å². The topological polar surface area (TPSA) is 58.2 Å². The maximum absolute atomic E-state index is 12.9. The second-order valence-electron chi connectivity index (χ2n) is 7.21. The van der Waals surface area contributed by atoms with E-state index in [4.69, 9.17) is 9.72 Å². The summed E-state index contributed by atoms with van der Waals surface area (Å²) >= 11 is 1.49. The number of nitrogens with one attached hydrogen (secondary N) is 1. The van der Waals surface area contributed by atoms with Gasteiger partial charge in [-0.25, -0.2) is 4.98 Å². The van der Waals surface area contributed by atoms with Crippen LogP contribution in [0.4, 0.5) is 5.69 Å². The predicted molar refractivity (Wildman–Crippen MR) is 119 cm³/mol. The molecular formula is C23H21N3O2S. The van der Waals surface area contributed by atoms with Crippen LogP contribution in [0.2, 0.25) is 0 Å². The van der Waals surface area contributed by atoms with E-state index in [1.807, 2.05) is 41.8 Å². The molecule has 4 aromatic rings. The zero-order valence-electron chi connectivity index (χ0n) is 16.1. The lowest BCUT2D eigenvalue weighted by Gasteiger charge is -2.17. The van der Waals surface area contributed by atoms with Gasteiger partial charge in [0.05, 0.1) is 12.5 Å². The first-order valence-electron chi connectivity index (χ1n) is 9.74. The predicted octanol–water partition coefficient (Wildman–Crippen LogP) is 4.93. The summed E-state index contributed by atoms with van der Waals surface area (Å²) in [6.45, 7) is 2.23. The third-order valence-electron chi connectivity index (χ3n) is 5.46. The van der Waals surface area contributed by atoms with Gasteiger partial charge in [0.15, 0.2) is 0 Å². The van der Waals surface area contributed by atoms with Gasteiger partial charge in [-0.1, -0.05) is 12.1 Å². The Bertz CT molecular complexity index is 1200. The molecule has 0 radical (unpaired) electrons. The van der Waals surface area contributed by atoms with Gasteiger partial charge in [0.25, 0.3) is 5.56 Å². The molecule has 0 atom stereocenters. The molecule has 2 aromatic carbocycles. The number of methoxy groups -OCH3 is 1. The van der Waals surface area contributed by atoms with Gasteiger partial charge in [0, 0.05) is 35.3 Å². The minimum absolute atomic E-state index is 0.110. The third-order valence-corrected chi connectivity index (χ3v) is 6.33. The highest BCUT2D eigenvalue weighted by Crippen LogP contribution is 2.33. The van der Waals surface area contributed by atoms with Gasteiger partial charge >= 0.3 is 0 Å². The van der Waals surface area contributed by atoms with Crippen molar-refractivity contribution in [3.63, 3.8) is 0 Å². The first-order valence-corrected chi connectivity index (χ1v) is 10.6. The number of aromatic nitrogens is 2. The van der Waals surface area contributed by atoms with Gasteiger partial charge in [-0.3, -0.25) is 4.79 Å². The van der Waals surface area contributed by atoms with Crippen molar-refractivity contribution >= 4 is 27.2 Å². The second-order valence-corrected chi connectivity index (χ2v) is 8.07. The van der Waals surface area contributed by atoms with Crippen LogP contribution in [0.25, 0.3) is 32.7 Å². The lowest BCUT2D eigenvalue weighted by atomic mass is 10.1. The van der Waals surface area contributed by atoms with Gasteiger partial charge in [-0.15, -0.1) is 11.3 Å². The Morgan fingerprint density at radius 3 is 2.38 bits per heavy atom. The highest BCUT2D eigenvalue weighted by molar-refractivity contribution is 7.17. The van der Waals surface area contributed by atoms with Crippen LogP contribution in [-0.2, 0) is 0 Å². The Morgan fingerprint density at radius 2 is 1.69 bits per heavy atom. The van der Waals surface area contributed by atoms with Crippen LogP contribution in [0, 0.1) is 0 Å². The molecule has 3 heterocycles. The van der Waals surface area contributed by atoms with Gasteiger partial charge in [-0.05, 0) is 54.8 Å². The molecule has 0 bridgehead atoms. The molecule has 2 aromatic heterocycles. The van der Waals surface area contributed by atoms with Crippen LogP contribution >= 0.6 is 11.3 Å². The molecule has 1 aliphatic heterocycles. The molecule has 6 heteroatoms. The Labute approximate surface area is 172 Å². The number of anilines is 1. The number of aromatic amines is 1. The fourth-order valence-electron chi connectivity index (χ4n) is 3.87. The first-order chi connectivity index (χ1) is 14.2. The average Bonchev–Trinajstić information content (AvgIpc) is 3.44. The molecule has 0 unspecified atom stereocenters. The number of benzene rings is 2. The molecule has 1 aliphatic rings. The summed E-state index contributed by atoms with van der Waals surface area (Å²) in [6.07, 6.45) is 2.50. The van der Waals surface area contributed by atoms with E-state index in [1.54, 1.807) is 7.11 Å². The van der Waals surface area contributed by atoms with E-state index in [0.717, 1.165) is 40.4 Å². The van der Waals surface area contributed by atoms with Crippen LogP contribution < -0.4 is 15.2 Å². The third kappa shape index (κ3) is 3.29. The summed E-state index contributed by atoms with van der Waals surface area (Å²) in [5.41, 5.74) is 3.92. The van der Waals surface area contributed by atoms with Crippen molar-refractivity contribution in [3.05, 3.63) is 64.3 Å². The summed E-state index contributed by atoms with van der Waals surface area (Å²) in [7, 11) is 1.64. The van der Waals surface area contributed by atoms with Crippen molar-refractivity contribution < 1.29 is 4.74 Å². The van der Waals surface area contributed by atoms with E-state index in [9.17, 15) is 4.79 Å². The summed E-state index contributed by atoms with van der Waals surface area (Å²) in [5.74, 6) is 1.40. The van der Waals surface area contributed by atoms with Crippen molar-refractivity contribution in [1.29, 1.82) is 0 Å². The highest BCUT2D eigenvalue weighted by Gasteiger charge is 2.15. The van der Waals surface area contributed by atoms with Crippen LogP contribution in [0.3, 0.4) is 0 Å². The fraction of sp³-hybridized carbons (Fsp3) is 0.217. The smallest absolute Gasteiger partial charge is 0.260 e. The van der Waals surface area contributed by atoms with E-state index in [2.05, 4.69) is 22.0 Å². The van der Waals surface area contributed by atoms with Gasteiger partial charge < -0.3 is 14.6 Å². The molecule has 0 aliphatic carbocycles. The molecule has 0 amide bonds. The highest BCUT2D eigenvalue weighted by atomic mass is 32.1. The Kier molecular flexibility index (Phi) is 4.56. The Morgan fingerprint density at radius 1 is 1.00 bits per heavy atom. The number of hydrogen-bond donors (Lipinski definition) is 1. The van der Waals surface area contributed by atoms with Gasteiger partial charge in [0.1, 0.15) is 16.4 Å². The molecule has 1 saturated heterocycles. The quantitative estimate of drug-likeness (QED) is 0.525. The number of nitrogens with zero attached hydrogens (tertiary/aromatic N) is 2. The Hall–Kier alpha value is -3.12. The largest absolute Gasteiger partial charge is 0.497 e. The molecule has 146 valence electrons. The number of rotatable bonds is 4. The molecule has 5 rings (SSSR count). The number of ether oxygens (including phenoxy) is 1. The molecule has 0 saturated carbocycles. The summed E-state index contributed by atoms with van der Waals surface area (Å²) in [6, 6.07) is 16.0. The van der Waals surface area contributed by atoms with E-state index in [1.165, 1.54) is 29.9 Å². The maximum Gasteiger partial charge on any atom is 0.260 e. The van der Waals surface area contributed by atoms with E-state index in [0.29, 0.717) is 11.2 Å². The number of hydrogen-bond acceptors (Lipinski definition) is 5. The van der Waals surface area contributed by atoms with E-state index >= 15 is 0 Å². The van der Waals surface area contributed by atoms with Crippen LogP contribution in [-0.4, -0.2) is 30.2 Å².